The van der Waals surface area contributed by atoms with Crippen LogP contribution in [0.25, 0.3) is 0 Å². The van der Waals surface area contributed by atoms with E-state index in [0.29, 0.717) is 5.75 Å². The Hall–Kier alpha value is -1.07. The first kappa shape index (κ1) is 13.0. The molecular weight excluding hydrogens is 272 g/mol. The van der Waals surface area contributed by atoms with Crippen molar-refractivity contribution < 1.29 is 9.53 Å². The van der Waals surface area contributed by atoms with E-state index in [1.165, 1.54) is 0 Å². The highest BCUT2D eigenvalue weighted by Crippen LogP contribution is 2.17. The van der Waals surface area contributed by atoms with Crippen LogP contribution in [-0.2, 0) is 4.79 Å². The molecule has 0 spiro atoms. The predicted octanol–water partition coefficient (Wildman–Crippen LogP) is 1.81. The topological polar surface area (TPSA) is 41.6 Å². The molecule has 0 aliphatic rings. The van der Waals surface area contributed by atoms with Gasteiger partial charge in [0.05, 0.1) is 0 Å². The quantitative estimate of drug-likeness (QED) is 0.859. The summed E-state index contributed by atoms with van der Waals surface area (Å²) < 4.78 is 6.45. The van der Waals surface area contributed by atoms with Gasteiger partial charge in [-0.05, 0) is 31.2 Å². The number of rotatable bonds is 4. The van der Waals surface area contributed by atoms with E-state index >= 15 is 0 Å². The normalized spacial score (nSPS) is 12.3. The van der Waals surface area contributed by atoms with Gasteiger partial charge in [0.1, 0.15) is 5.75 Å². The van der Waals surface area contributed by atoms with Gasteiger partial charge in [0.2, 0.25) is 0 Å². The first-order chi connectivity index (χ1) is 7.49. The zero-order valence-corrected chi connectivity index (χ0v) is 11.1. The largest absolute Gasteiger partial charge is 0.481 e. The summed E-state index contributed by atoms with van der Waals surface area (Å²) in [4.78, 5) is 11.5. The Morgan fingerprint density at radius 3 is 2.44 bits per heavy atom. The van der Waals surface area contributed by atoms with E-state index in [1.54, 1.807) is 26.0 Å². The molecule has 1 aromatic rings. The second-order valence-corrected chi connectivity index (χ2v) is 4.50. The molecule has 0 bridgehead atoms. The smallest absolute Gasteiger partial charge is 0.275 e. The molecule has 16 heavy (non-hydrogen) atoms. The number of benzene rings is 1. The molecule has 0 saturated carbocycles. The van der Waals surface area contributed by atoms with E-state index in [0.717, 1.165) is 4.47 Å². The summed E-state index contributed by atoms with van der Waals surface area (Å²) in [5.74, 6) is 0.498. The average Bonchev–Trinajstić information content (AvgIpc) is 2.20. The summed E-state index contributed by atoms with van der Waals surface area (Å²) in [6.45, 7) is 1.71. The van der Waals surface area contributed by atoms with Crippen LogP contribution in [0.4, 0.5) is 0 Å². The van der Waals surface area contributed by atoms with Gasteiger partial charge in [0, 0.05) is 18.6 Å². The first-order valence-corrected chi connectivity index (χ1v) is 5.68. The van der Waals surface area contributed by atoms with Crippen LogP contribution in [0.1, 0.15) is 6.92 Å². The number of halogens is 1. The van der Waals surface area contributed by atoms with Gasteiger partial charge in [-0.15, -0.1) is 0 Å². The number of nitrogens with zero attached hydrogens (tertiary/aromatic N) is 1. The SMILES string of the molecule is C[C@@H](Oc1ccc(Br)cc1)C(=O)NN(C)C. The summed E-state index contributed by atoms with van der Waals surface area (Å²) >= 11 is 3.33. The Balaban J connectivity index is 2.53. The highest BCUT2D eigenvalue weighted by molar-refractivity contribution is 9.10. The Morgan fingerprint density at radius 2 is 1.94 bits per heavy atom. The lowest BCUT2D eigenvalue weighted by molar-refractivity contribution is -0.131. The van der Waals surface area contributed by atoms with Crippen LogP contribution in [0.3, 0.4) is 0 Å². The van der Waals surface area contributed by atoms with Crippen LogP contribution < -0.4 is 10.2 Å². The number of ether oxygens (including phenoxy) is 1. The molecule has 1 amide bonds. The Morgan fingerprint density at radius 1 is 1.38 bits per heavy atom. The Bertz CT molecular complexity index is 352. The third-order valence-electron chi connectivity index (χ3n) is 1.83. The first-order valence-electron chi connectivity index (χ1n) is 4.89. The van der Waals surface area contributed by atoms with Crippen molar-refractivity contribution in [1.82, 2.24) is 10.4 Å². The fourth-order valence-corrected chi connectivity index (χ4v) is 1.35. The van der Waals surface area contributed by atoms with E-state index in [1.807, 2.05) is 24.3 Å². The number of carbonyl (C=O) groups is 1. The lowest BCUT2D eigenvalue weighted by Gasteiger charge is -2.17. The zero-order chi connectivity index (χ0) is 12.1. The molecule has 5 heteroatoms. The number of hydrogen-bond acceptors (Lipinski definition) is 3. The van der Waals surface area contributed by atoms with E-state index in [-0.39, 0.29) is 5.91 Å². The molecule has 0 heterocycles. The zero-order valence-electron chi connectivity index (χ0n) is 9.53. The van der Waals surface area contributed by atoms with Crippen LogP contribution in [-0.4, -0.2) is 31.1 Å². The van der Waals surface area contributed by atoms with Crippen molar-refractivity contribution in [3.63, 3.8) is 0 Å². The lowest BCUT2D eigenvalue weighted by atomic mass is 10.3. The molecule has 0 aromatic heterocycles. The molecule has 1 N–H and O–H groups in total. The number of hydrazine groups is 1. The van der Waals surface area contributed by atoms with Crippen LogP contribution in [0.2, 0.25) is 0 Å². The molecule has 4 nitrogen and oxygen atoms in total. The van der Waals surface area contributed by atoms with Crippen molar-refractivity contribution >= 4 is 21.8 Å². The van der Waals surface area contributed by atoms with Gasteiger partial charge in [-0.1, -0.05) is 15.9 Å². The standard InChI is InChI=1S/C11H15BrN2O2/c1-8(11(15)13-14(2)3)16-10-6-4-9(12)5-7-10/h4-8H,1-3H3,(H,13,15)/t8-/m1/s1. The monoisotopic (exact) mass is 286 g/mol. The summed E-state index contributed by atoms with van der Waals surface area (Å²) in [5.41, 5.74) is 2.63. The van der Waals surface area contributed by atoms with Gasteiger partial charge >= 0.3 is 0 Å². The number of amides is 1. The van der Waals surface area contributed by atoms with E-state index in [2.05, 4.69) is 21.4 Å². The molecule has 1 atom stereocenters. The fraction of sp³-hybridized carbons (Fsp3) is 0.364. The van der Waals surface area contributed by atoms with E-state index in [9.17, 15) is 4.79 Å². The van der Waals surface area contributed by atoms with Gasteiger partial charge in [-0.3, -0.25) is 10.2 Å². The van der Waals surface area contributed by atoms with Crippen molar-refractivity contribution in [3.8, 4) is 5.75 Å². The minimum atomic E-state index is -0.524. The maximum Gasteiger partial charge on any atom is 0.275 e. The van der Waals surface area contributed by atoms with Crippen molar-refractivity contribution in [2.24, 2.45) is 0 Å². The van der Waals surface area contributed by atoms with Gasteiger partial charge < -0.3 is 4.74 Å². The second-order valence-electron chi connectivity index (χ2n) is 3.58. The molecule has 0 saturated heterocycles. The molecule has 1 rings (SSSR count). The molecular formula is C11H15BrN2O2. The molecule has 1 aromatic carbocycles. The minimum Gasteiger partial charge on any atom is -0.481 e. The summed E-state index contributed by atoms with van der Waals surface area (Å²) in [5, 5.41) is 1.59. The molecule has 0 fully saturated rings. The van der Waals surface area contributed by atoms with Gasteiger partial charge in [0.15, 0.2) is 6.10 Å². The predicted molar refractivity (Wildman–Crippen MR) is 66.1 cm³/mol. The summed E-state index contributed by atoms with van der Waals surface area (Å²) in [6, 6.07) is 7.35. The van der Waals surface area contributed by atoms with Crippen molar-refractivity contribution in [3.05, 3.63) is 28.7 Å². The number of nitrogens with one attached hydrogen (secondary N) is 1. The van der Waals surface area contributed by atoms with Crippen LogP contribution in [0, 0.1) is 0 Å². The third kappa shape index (κ3) is 4.20. The fourth-order valence-electron chi connectivity index (χ4n) is 1.08. The molecule has 0 unspecified atom stereocenters. The van der Waals surface area contributed by atoms with Crippen LogP contribution in [0.5, 0.6) is 5.75 Å². The molecule has 0 aliphatic carbocycles. The number of carbonyl (C=O) groups excluding carboxylic acids is 1. The second kappa shape index (κ2) is 5.86. The molecule has 0 radical (unpaired) electrons. The Labute approximate surface area is 104 Å². The Kier molecular flexibility index (Phi) is 4.76. The van der Waals surface area contributed by atoms with Gasteiger partial charge in [-0.25, -0.2) is 5.01 Å². The minimum absolute atomic E-state index is 0.173. The highest BCUT2D eigenvalue weighted by Gasteiger charge is 2.14. The van der Waals surface area contributed by atoms with E-state index < -0.39 is 6.10 Å². The maximum absolute atomic E-state index is 11.5. The number of hydrogen-bond donors (Lipinski definition) is 1. The third-order valence-corrected chi connectivity index (χ3v) is 2.36. The van der Waals surface area contributed by atoms with Gasteiger partial charge in [-0.2, -0.15) is 0 Å². The average molecular weight is 287 g/mol. The van der Waals surface area contributed by atoms with Crippen LogP contribution in [0.15, 0.2) is 28.7 Å². The highest BCUT2D eigenvalue weighted by atomic mass is 79.9. The van der Waals surface area contributed by atoms with Gasteiger partial charge in [0.25, 0.3) is 5.91 Å². The lowest BCUT2D eigenvalue weighted by Crippen LogP contribution is -2.43. The molecule has 88 valence electrons. The maximum atomic E-state index is 11.5. The van der Waals surface area contributed by atoms with Crippen molar-refractivity contribution in [2.45, 2.75) is 13.0 Å². The summed E-state index contributed by atoms with van der Waals surface area (Å²) in [6.07, 6.45) is -0.524. The molecule has 0 aliphatic heterocycles. The summed E-state index contributed by atoms with van der Waals surface area (Å²) in [7, 11) is 3.51. The van der Waals surface area contributed by atoms with Crippen LogP contribution >= 0.6 is 15.9 Å². The van der Waals surface area contributed by atoms with E-state index in [4.69, 9.17) is 4.74 Å². The van der Waals surface area contributed by atoms with Crippen molar-refractivity contribution in [2.75, 3.05) is 14.1 Å². The van der Waals surface area contributed by atoms with Crippen molar-refractivity contribution in [1.29, 1.82) is 0 Å².